The Kier molecular flexibility index (Phi) is 7.53. The smallest absolute Gasteiger partial charge is 0.329 e. The normalized spacial score (nSPS) is 21.9. The molecule has 162 valence electrons. The fraction of sp³-hybridized carbons (Fsp3) is 0.545. The van der Waals surface area contributed by atoms with Crippen LogP contribution in [-0.2, 0) is 14.3 Å². The second kappa shape index (κ2) is 10.1. The molecule has 1 saturated carbocycles. The summed E-state index contributed by atoms with van der Waals surface area (Å²) in [6.07, 6.45) is 6.38. The zero-order valence-corrected chi connectivity index (χ0v) is 18.2. The number of amides is 3. The van der Waals surface area contributed by atoms with Crippen LogP contribution in [0.4, 0.5) is 0 Å². The number of benzene rings is 1. The SMILES string of the molecule is CSCC[C@H](C(=O)OCC(=O)N[C@@H]1CCCC[C@@H]1C)N1C(=O)c2ccccc2C1=O. The molecule has 0 unspecified atom stereocenters. The van der Waals surface area contributed by atoms with E-state index in [1.807, 2.05) is 6.26 Å². The first-order valence-corrected chi connectivity index (χ1v) is 11.7. The van der Waals surface area contributed by atoms with Gasteiger partial charge in [-0.3, -0.25) is 19.3 Å². The van der Waals surface area contributed by atoms with Crippen LogP contribution in [0, 0.1) is 5.92 Å². The van der Waals surface area contributed by atoms with Gasteiger partial charge in [0.15, 0.2) is 6.61 Å². The lowest BCUT2D eigenvalue weighted by atomic mass is 9.86. The van der Waals surface area contributed by atoms with Crippen molar-refractivity contribution in [3.05, 3.63) is 35.4 Å². The lowest BCUT2D eigenvalue weighted by molar-refractivity contribution is -0.152. The average Bonchev–Trinajstić information content (AvgIpc) is 2.99. The van der Waals surface area contributed by atoms with E-state index in [1.54, 1.807) is 24.3 Å². The summed E-state index contributed by atoms with van der Waals surface area (Å²) in [5.41, 5.74) is 0.571. The predicted octanol–water partition coefficient (Wildman–Crippen LogP) is 2.64. The van der Waals surface area contributed by atoms with Gasteiger partial charge >= 0.3 is 5.97 Å². The molecule has 1 fully saturated rings. The summed E-state index contributed by atoms with van der Waals surface area (Å²) in [7, 11) is 0. The molecule has 3 atom stereocenters. The Morgan fingerprint density at radius 3 is 2.40 bits per heavy atom. The van der Waals surface area contributed by atoms with E-state index in [0.717, 1.165) is 24.2 Å². The van der Waals surface area contributed by atoms with Gasteiger partial charge in [-0.15, -0.1) is 0 Å². The van der Waals surface area contributed by atoms with Crippen LogP contribution in [0.5, 0.6) is 0 Å². The van der Waals surface area contributed by atoms with Crippen LogP contribution in [0.3, 0.4) is 0 Å². The highest BCUT2D eigenvalue weighted by molar-refractivity contribution is 7.98. The van der Waals surface area contributed by atoms with Crippen molar-refractivity contribution in [3.63, 3.8) is 0 Å². The first-order valence-electron chi connectivity index (χ1n) is 10.4. The molecule has 1 aromatic rings. The summed E-state index contributed by atoms with van der Waals surface area (Å²) >= 11 is 1.50. The zero-order valence-electron chi connectivity index (χ0n) is 17.4. The third kappa shape index (κ3) is 4.86. The van der Waals surface area contributed by atoms with Crippen molar-refractivity contribution in [2.75, 3.05) is 18.6 Å². The Labute approximate surface area is 180 Å². The Balaban J connectivity index is 1.64. The summed E-state index contributed by atoms with van der Waals surface area (Å²) in [6, 6.07) is 5.55. The molecular weight excluding hydrogens is 404 g/mol. The Bertz CT molecular complexity index is 793. The maximum absolute atomic E-state index is 12.8. The number of nitrogens with zero attached hydrogens (tertiary/aromatic N) is 1. The summed E-state index contributed by atoms with van der Waals surface area (Å²) in [5, 5.41) is 2.94. The van der Waals surface area contributed by atoms with Crippen molar-refractivity contribution >= 4 is 35.5 Å². The second-order valence-electron chi connectivity index (χ2n) is 7.87. The lowest BCUT2D eigenvalue weighted by Gasteiger charge is -2.29. The molecule has 1 heterocycles. The zero-order chi connectivity index (χ0) is 21.7. The number of ether oxygens (including phenoxy) is 1. The van der Waals surface area contributed by atoms with E-state index in [9.17, 15) is 19.2 Å². The quantitative estimate of drug-likeness (QED) is 0.501. The van der Waals surface area contributed by atoms with E-state index in [0.29, 0.717) is 11.7 Å². The molecule has 7 nitrogen and oxygen atoms in total. The molecular formula is C22H28N2O5S. The molecule has 8 heteroatoms. The molecule has 1 N–H and O–H groups in total. The highest BCUT2D eigenvalue weighted by atomic mass is 32.2. The maximum atomic E-state index is 12.8. The van der Waals surface area contributed by atoms with E-state index in [4.69, 9.17) is 4.74 Å². The summed E-state index contributed by atoms with van der Waals surface area (Å²) in [5.74, 6) is -1.12. The van der Waals surface area contributed by atoms with Crippen molar-refractivity contribution in [2.45, 2.75) is 51.1 Å². The number of hydrogen-bond donors (Lipinski definition) is 1. The van der Waals surface area contributed by atoms with Crippen molar-refractivity contribution in [1.29, 1.82) is 0 Å². The maximum Gasteiger partial charge on any atom is 0.329 e. The van der Waals surface area contributed by atoms with Crippen LogP contribution in [0.25, 0.3) is 0 Å². The molecule has 3 rings (SSSR count). The number of nitrogens with one attached hydrogen (secondary N) is 1. The Morgan fingerprint density at radius 2 is 1.80 bits per heavy atom. The molecule has 1 aliphatic heterocycles. The number of carbonyl (C=O) groups is 4. The van der Waals surface area contributed by atoms with Gasteiger partial charge in [0.2, 0.25) is 0 Å². The molecule has 0 radical (unpaired) electrons. The van der Waals surface area contributed by atoms with Gasteiger partial charge in [-0.2, -0.15) is 11.8 Å². The minimum absolute atomic E-state index is 0.0912. The van der Waals surface area contributed by atoms with Crippen molar-refractivity contribution in [1.82, 2.24) is 10.2 Å². The number of rotatable bonds is 8. The molecule has 0 aromatic heterocycles. The van der Waals surface area contributed by atoms with Gasteiger partial charge < -0.3 is 10.1 Å². The minimum atomic E-state index is -1.05. The molecule has 0 bridgehead atoms. The third-order valence-corrected chi connectivity index (χ3v) is 6.45. The lowest BCUT2D eigenvalue weighted by Crippen LogP contribution is -2.47. The molecule has 0 spiro atoms. The van der Waals surface area contributed by atoms with Gasteiger partial charge in [0.05, 0.1) is 11.1 Å². The molecule has 2 aliphatic rings. The molecule has 1 aliphatic carbocycles. The number of imide groups is 1. The Morgan fingerprint density at radius 1 is 1.17 bits per heavy atom. The minimum Gasteiger partial charge on any atom is -0.454 e. The number of hydrogen-bond acceptors (Lipinski definition) is 6. The molecule has 1 aromatic carbocycles. The highest BCUT2D eigenvalue weighted by Crippen LogP contribution is 2.27. The van der Waals surface area contributed by atoms with E-state index in [2.05, 4.69) is 12.2 Å². The first kappa shape index (κ1) is 22.3. The first-order chi connectivity index (χ1) is 14.4. The molecule has 30 heavy (non-hydrogen) atoms. The van der Waals surface area contributed by atoms with E-state index < -0.39 is 30.4 Å². The van der Waals surface area contributed by atoms with Gasteiger partial charge in [-0.05, 0) is 49.3 Å². The van der Waals surface area contributed by atoms with Crippen LogP contribution in [0.2, 0.25) is 0 Å². The van der Waals surface area contributed by atoms with Crippen LogP contribution < -0.4 is 5.32 Å². The number of thioether (sulfide) groups is 1. The van der Waals surface area contributed by atoms with Crippen LogP contribution in [0.15, 0.2) is 24.3 Å². The third-order valence-electron chi connectivity index (χ3n) is 5.81. The van der Waals surface area contributed by atoms with Gasteiger partial charge in [-0.1, -0.05) is 31.9 Å². The summed E-state index contributed by atoms with van der Waals surface area (Å²) < 4.78 is 5.24. The topological polar surface area (TPSA) is 92.8 Å². The Hall–Kier alpha value is -2.35. The number of esters is 1. The fourth-order valence-corrected chi connectivity index (χ4v) is 4.54. The van der Waals surface area contributed by atoms with E-state index >= 15 is 0 Å². The average molecular weight is 433 g/mol. The van der Waals surface area contributed by atoms with Crippen LogP contribution >= 0.6 is 11.8 Å². The largest absolute Gasteiger partial charge is 0.454 e. The van der Waals surface area contributed by atoms with Gasteiger partial charge in [0, 0.05) is 6.04 Å². The molecule has 3 amide bonds. The highest BCUT2D eigenvalue weighted by Gasteiger charge is 2.43. The van der Waals surface area contributed by atoms with E-state index in [1.165, 1.54) is 18.2 Å². The van der Waals surface area contributed by atoms with Gasteiger partial charge in [0.1, 0.15) is 6.04 Å². The van der Waals surface area contributed by atoms with Gasteiger partial charge in [-0.25, -0.2) is 4.79 Å². The van der Waals surface area contributed by atoms with Crippen LogP contribution in [0.1, 0.15) is 59.7 Å². The second-order valence-corrected chi connectivity index (χ2v) is 8.85. The van der Waals surface area contributed by atoms with E-state index in [-0.39, 0.29) is 29.5 Å². The summed E-state index contributed by atoms with van der Waals surface area (Å²) in [6.45, 7) is 1.69. The van der Waals surface area contributed by atoms with Crippen molar-refractivity contribution < 1.29 is 23.9 Å². The standard InChI is InChI=1S/C22H28N2O5S/c1-14-7-3-6-10-17(14)23-19(25)13-29-22(28)18(11-12-30-2)24-20(26)15-8-4-5-9-16(15)21(24)27/h4-5,8-9,14,17-18H,3,6-7,10-13H2,1-2H3,(H,23,25)/t14-,17+,18+/m0/s1. The van der Waals surface area contributed by atoms with Crippen molar-refractivity contribution in [3.8, 4) is 0 Å². The predicted molar refractivity (Wildman–Crippen MR) is 114 cm³/mol. The monoisotopic (exact) mass is 432 g/mol. The summed E-state index contributed by atoms with van der Waals surface area (Å²) in [4.78, 5) is 51.6. The fourth-order valence-electron chi connectivity index (χ4n) is 4.08. The molecule has 0 saturated heterocycles. The number of carbonyl (C=O) groups excluding carboxylic acids is 4. The van der Waals surface area contributed by atoms with Crippen molar-refractivity contribution in [2.24, 2.45) is 5.92 Å². The van der Waals surface area contributed by atoms with Crippen LogP contribution in [-0.4, -0.2) is 59.3 Å². The van der Waals surface area contributed by atoms with Gasteiger partial charge in [0.25, 0.3) is 17.7 Å². The number of fused-ring (bicyclic) bond motifs is 1.